The Hall–Kier alpha value is -2.42. The normalized spacial score (nSPS) is 10.0. The Bertz CT molecular complexity index is 632. The Morgan fingerprint density at radius 1 is 0.905 bits per heavy atom. The van der Waals surface area contributed by atoms with E-state index in [0.717, 1.165) is 40.4 Å². The molecule has 3 heteroatoms. The predicted molar refractivity (Wildman–Crippen MR) is 85.4 cm³/mol. The second-order valence-corrected chi connectivity index (χ2v) is 4.59. The lowest BCUT2D eigenvalue weighted by atomic mass is 10.00. The fourth-order valence-corrected chi connectivity index (χ4v) is 2.30. The molecule has 0 aliphatic heterocycles. The highest BCUT2D eigenvalue weighted by atomic mass is 16.5. The molecule has 0 heterocycles. The van der Waals surface area contributed by atoms with Crippen molar-refractivity contribution < 1.29 is 14.2 Å². The SMILES string of the molecule is C=CCc1cc(-c2cc(OC)ccc2OC)ccc1OC. The molecule has 2 rings (SSSR count). The molecule has 0 aliphatic carbocycles. The van der Waals surface area contributed by atoms with Gasteiger partial charge in [0.05, 0.1) is 21.3 Å². The maximum absolute atomic E-state index is 5.45. The molecule has 0 saturated heterocycles. The largest absolute Gasteiger partial charge is 0.497 e. The van der Waals surface area contributed by atoms with Crippen LogP contribution in [0.2, 0.25) is 0 Å². The van der Waals surface area contributed by atoms with E-state index in [4.69, 9.17) is 14.2 Å². The lowest BCUT2D eigenvalue weighted by Gasteiger charge is -2.13. The zero-order valence-corrected chi connectivity index (χ0v) is 12.7. The standard InChI is InChI=1S/C18H20O3/c1-5-6-14-11-13(7-9-17(14)20-3)16-12-15(19-2)8-10-18(16)21-4/h5,7-12H,1,6H2,2-4H3. The van der Waals surface area contributed by atoms with E-state index in [1.807, 2.05) is 36.4 Å². The first-order chi connectivity index (χ1) is 10.2. The molecule has 3 nitrogen and oxygen atoms in total. The summed E-state index contributed by atoms with van der Waals surface area (Å²) in [7, 11) is 5.00. The van der Waals surface area contributed by atoms with Gasteiger partial charge in [0, 0.05) is 5.56 Å². The second-order valence-electron chi connectivity index (χ2n) is 4.59. The Labute approximate surface area is 125 Å². The van der Waals surface area contributed by atoms with Crippen molar-refractivity contribution in [1.82, 2.24) is 0 Å². The second kappa shape index (κ2) is 6.84. The van der Waals surface area contributed by atoms with Crippen molar-refractivity contribution in [2.75, 3.05) is 21.3 Å². The van der Waals surface area contributed by atoms with Gasteiger partial charge in [-0.25, -0.2) is 0 Å². The van der Waals surface area contributed by atoms with Crippen LogP contribution in [0.1, 0.15) is 5.56 Å². The molecular formula is C18H20O3. The van der Waals surface area contributed by atoms with Crippen LogP contribution in [-0.4, -0.2) is 21.3 Å². The van der Waals surface area contributed by atoms with Gasteiger partial charge in [-0.05, 0) is 47.9 Å². The maximum Gasteiger partial charge on any atom is 0.126 e. The fraction of sp³-hybridized carbons (Fsp3) is 0.222. The summed E-state index contributed by atoms with van der Waals surface area (Å²) >= 11 is 0. The van der Waals surface area contributed by atoms with Crippen LogP contribution in [0, 0.1) is 0 Å². The number of benzene rings is 2. The van der Waals surface area contributed by atoms with Crippen LogP contribution in [0.4, 0.5) is 0 Å². The highest BCUT2D eigenvalue weighted by molar-refractivity contribution is 5.73. The Balaban J connectivity index is 2.55. The van der Waals surface area contributed by atoms with Crippen molar-refractivity contribution in [3.05, 3.63) is 54.6 Å². The molecule has 2 aromatic rings. The van der Waals surface area contributed by atoms with Crippen molar-refractivity contribution >= 4 is 0 Å². The van der Waals surface area contributed by atoms with E-state index in [1.54, 1.807) is 21.3 Å². The summed E-state index contributed by atoms with van der Waals surface area (Å²) in [4.78, 5) is 0. The summed E-state index contributed by atoms with van der Waals surface area (Å²) in [5.74, 6) is 2.47. The van der Waals surface area contributed by atoms with Gasteiger partial charge in [0.2, 0.25) is 0 Å². The number of ether oxygens (including phenoxy) is 3. The van der Waals surface area contributed by atoms with Gasteiger partial charge in [0.1, 0.15) is 17.2 Å². The fourth-order valence-electron chi connectivity index (χ4n) is 2.30. The monoisotopic (exact) mass is 284 g/mol. The van der Waals surface area contributed by atoms with Crippen molar-refractivity contribution in [1.29, 1.82) is 0 Å². The molecule has 0 radical (unpaired) electrons. The van der Waals surface area contributed by atoms with E-state index in [9.17, 15) is 0 Å². The predicted octanol–water partition coefficient (Wildman–Crippen LogP) is 4.11. The van der Waals surface area contributed by atoms with E-state index in [1.165, 1.54) is 0 Å². The summed E-state index contributed by atoms with van der Waals surface area (Å²) in [5.41, 5.74) is 3.14. The van der Waals surface area contributed by atoms with Crippen LogP contribution in [0.5, 0.6) is 17.2 Å². The third-order valence-electron chi connectivity index (χ3n) is 3.36. The summed E-state index contributed by atoms with van der Waals surface area (Å²) < 4.78 is 16.1. The molecular weight excluding hydrogens is 264 g/mol. The van der Waals surface area contributed by atoms with Crippen molar-refractivity contribution in [2.24, 2.45) is 0 Å². The summed E-state index contributed by atoms with van der Waals surface area (Å²) in [6.07, 6.45) is 2.62. The van der Waals surface area contributed by atoms with Crippen LogP contribution in [0.15, 0.2) is 49.1 Å². The lowest BCUT2D eigenvalue weighted by molar-refractivity contribution is 0.404. The first-order valence-corrected chi connectivity index (χ1v) is 6.73. The zero-order valence-electron chi connectivity index (χ0n) is 12.7. The van der Waals surface area contributed by atoms with Gasteiger partial charge in [-0.3, -0.25) is 0 Å². The highest BCUT2D eigenvalue weighted by Crippen LogP contribution is 2.35. The van der Waals surface area contributed by atoms with Crippen molar-refractivity contribution in [2.45, 2.75) is 6.42 Å². The van der Waals surface area contributed by atoms with E-state index < -0.39 is 0 Å². The number of rotatable bonds is 6. The highest BCUT2D eigenvalue weighted by Gasteiger charge is 2.10. The third-order valence-corrected chi connectivity index (χ3v) is 3.36. The molecule has 2 aromatic carbocycles. The molecule has 0 unspecified atom stereocenters. The van der Waals surface area contributed by atoms with E-state index >= 15 is 0 Å². The van der Waals surface area contributed by atoms with Crippen LogP contribution in [-0.2, 0) is 6.42 Å². The van der Waals surface area contributed by atoms with E-state index in [2.05, 4.69) is 12.6 Å². The van der Waals surface area contributed by atoms with Crippen LogP contribution in [0.25, 0.3) is 11.1 Å². The Morgan fingerprint density at radius 3 is 2.24 bits per heavy atom. The molecule has 0 aliphatic rings. The molecule has 0 aromatic heterocycles. The minimum Gasteiger partial charge on any atom is -0.497 e. The summed E-state index contributed by atoms with van der Waals surface area (Å²) in [6, 6.07) is 11.8. The Kier molecular flexibility index (Phi) is 4.88. The van der Waals surface area contributed by atoms with Gasteiger partial charge < -0.3 is 14.2 Å². The van der Waals surface area contributed by atoms with E-state index in [-0.39, 0.29) is 0 Å². The summed E-state index contributed by atoms with van der Waals surface area (Å²) in [5, 5.41) is 0. The molecule has 0 fully saturated rings. The number of hydrogen-bond acceptors (Lipinski definition) is 3. The van der Waals surface area contributed by atoms with E-state index in [0.29, 0.717) is 0 Å². The average Bonchev–Trinajstić information content (AvgIpc) is 2.54. The van der Waals surface area contributed by atoms with Crippen LogP contribution in [0.3, 0.4) is 0 Å². The topological polar surface area (TPSA) is 27.7 Å². The van der Waals surface area contributed by atoms with Gasteiger partial charge in [-0.2, -0.15) is 0 Å². The first-order valence-electron chi connectivity index (χ1n) is 6.73. The number of methoxy groups -OCH3 is 3. The first kappa shape index (κ1) is 15.0. The van der Waals surface area contributed by atoms with Gasteiger partial charge in [-0.1, -0.05) is 12.1 Å². The Morgan fingerprint density at radius 2 is 1.62 bits per heavy atom. The third kappa shape index (κ3) is 3.19. The van der Waals surface area contributed by atoms with Crippen LogP contribution < -0.4 is 14.2 Å². The quantitative estimate of drug-likeness (QED) is 0.747. The summed E-state index contributed by atoms with van der Waals surface area (Å²) in [6.45, 7) is 3.79. The van der Waals surface area contributed by atoms with Gasteiger partial charge >= 0.3 is 0 Å². The van der Waals surface area contributed by atoms with Gasteiger partial charge in [0.15, 0.2) is 0 Å². The molecule has 0 N–H and O–H groups in total. The average molecular weight is 284 g/mol. The van der Waals surface area contributed by atoms with Crippen molar-refractivity contribution in [3.8, 4) is 28.4 Å². The maximum atomic E-state index is 5.45. The number of allylic oxidation sites excluding steroid dienone is 1. The molecule has 0 spiro atoms. The lowest BCUT2D eigenvalue weighted by Crippen LogP contribution is -1.94. The van der Waals surface area contributed by atoms with Gasteiger partial charge in [0.25, 0.3) is 0 Å². The van der Waals surface area contributed by atoms with Crippen molar-refractivity contribution in [3.63, 3.8) is 0 Å². The smallest absolute Gasteiger partial charge is 0.126 e. The molecule has 21 heavy (non-hydrogen) atoms. The minimum atomic E-state index is 0.753. The molecule has 110 valence electrons. The molecule has 0 bridgehead atoms. The van der Waals surface area contributed by atoms with Gasteiger partial charge in [-0.15, -0.1) is 6.58 Å². The molecule has 0 atom stereocenters. The minimum absolute atomic E-state index is 0.753. The zero-order chi connectivity index (χ0) is 15.2. The number of hydrogen-bond donors (Lipinski definition) is 0. The van der Waals surface area contributed by atoms with Crippen LogP contribution >= 0.6 is 0 Å². The molecule has 0 saturated carbocycles. The molecule has 0 amide bonds.